The van der Waals surface area contributed by atoms with Crippen molar-refractivity contribution in [2.75, 3.05) is 10.7 Å². The maximum absolute atomic E-state index is 5.48. The zero-order chi connectivity index (χ0) is 13.2. The van der Waals surface area contributed by atoms with Crippen molar-refractivity contribution in [1.82, 2.24) is 9.97 Å². The lowest BCUT2D eigenvalue weighted by Crippen LogP contribution is -2.26. The number of nitrogen functional groups attached to an aromatic ring is 1. The van der Waals surface area contributed by atoms with Gasteiger partial charge in [0.1, 0.15) is 17.5 Å². The number of aromatic nitrogens is 2. The molecule has 0 aliphatic heterocycles. The highest BCUT2D eigenvalue weighted by atomic mass is 15.3. The highest BCUT2D eigenvalue weighted by molar-refractivity contribution is 5.47. The topological polar surface area (TPSA) is 75.9 Å². The van der Waals surface area contributed by atoms with Crippen LogP contribution in [0.15, 0.2) is 6.07 Å². The number of anilines is 2. The number of hydrogen-bond acceptors (Lipinski definition) is 5. The summed E-state index contributed by atoms with van der Waals surface area (Å²) >= 11 is 0. The number of nitrogens with one attached hydrogen (secondary N) is 2. The molecular formula is C14H23N5. The molecule has 3 rings (SSSR count). The predicted octanol–water partition coefficient (Wildman–Crippen LogP) is 2.32. The normalized spacial score (nSPS) is 28.6. The fourth-order valence-electron chi connectivity index (χ4n) is 3.59. The van der Waals surface area contributed by atoms with E-state index in [-0.39, 0.29) is 0 Å². The molecule has 0 amide bonds. The third-order valence-electron chi connectivity index (χ3n) is 4.47. The minimum Gasteiger partial charge on any atom is -0.367 e. The van der Waals surface area contributed by atoms with E-state index in [0.29, 0.717) is 11.9 Å². The molecule has 2 aliphatic rings. The molecule has 0 saturated heterocycles. The Morgan fingerprint density at radius 3 is 2.74 bits per heavy atom. The quantitative estimate of drug-likeness (QED) is 0.560. The molecule has 19 heavy (non-hydrogen) atoms. The Balaban J connectivity index is 1.74. The van der Waals surface area contributed by atoms with E-state index < -0.39 is 0 Å². The summed E-state index contributed by atoms with van der Waals surface area (Å²) in [6.45, 7) is 2.13. The molecule has 2 bridgehead atoms. The number of nitrogens with two attached hydrogens (primary N) is 1. The monoisotopic (exact) mass is 261 g/mol. The summed E-state index contributed by atoms with van der Waals surface area (Å²) in [4.78, 5) is 8.98. The van der Waals surface area contributed by atoms with Crippen molar-refractivity contribution in [3.63, 3.8) is 0 Å². The van der Waals surface area contributed by atoms with E-state index in [1.165, 1.54) is 25.7 Å². The van der Waals surface area contributed by atoms with Crippen molar-refractivity contribution in [3.8, 4) is 0 Å². The van der Waals surface area contributed by atoms with Crippen LogP contribution in [0, 0.1) is 11.8 Å². The molecule has 3 atom stereocenters. The Hall–Kier alpha value is -1.36. The summed E-state index contributed by atoms with van der Waals surface area (Å²) in [6.07, 6.45) is 7.42. The fourth-order valence-corrected chi connectivity index (χ4v) is 3.59. The van der Waals surface area contributed by atoms with Crippen molar-refractivity contribution < 1.29 is 0 Å². The maximum Gasteiger partial charge on any atom is 0.145 e. The van der Waals surface area contributed by atoms with Crippen molar-refractivity contribution in [2.24, 2.45) is 17.7 Å². The van der Waals surface area contributed by atoms with Gasteiger partial charge in [0.2, 0.25) is 0 Å². The van der Waals surface area contributed by atoms with Gasteiger partial charge in [-0.25, -0.2) is 15.8 Å². The van der Waals surface area contributed by atoms with Gasteiger partial charge in [0, 0.05) is 18.5 Å². The molecule has 2 saturated carbocycles. The maximum atomic E-state index is 5.48. The van der Waals surface area contributed by atoms with Gasteiger partial charge in [0.25, 0.3) is 0 Å². The SMILES string of the molecule is CCCc1nc(NN)cc(NC2CC3CCC2C3)n1. The summed E-state index contributed by atoms with van der Waals surface area (Å²) in [5.74, 6) is 9.74. The van der Waals surface area contributed by atoms with Crippen LogP contribution >= 0.6 is 0 Å². The molecule has 5 nitrogen and oxygen atoms in total. The van der Waals surface area contributed by atoms with E-state index in [4.69, 9.17) is 5.84 Å². The molecule has 1 heterocycles. The van der Waals surface area contributed by atoms with Gasteiger partial charge in [-0.1, -0.05) is 13.3 Å². The van der Waals surface area contributed by atoms with Crippen LogP contribution in [0.4, 0.5) is 11.6 Å². The average Bonchev–Trinajstić information content (AvgIpc) is 3.01. The van der Waals surface area contributed by atoms with Gasteiger partial charge in [0.05, 0.1) is 0 Å². The number of nitrogens with zero attached hydrogens (tertiary/aromatic N) is 2. The van der Waals surface area contributed by atoms with Crippen LogP contribution in [0.25, 0.3) is 0 Å². The minimum atomic E-state index is 0.591. The van der Waals surface area contributed by atoms with Crippen LogP contribution in [-0.4, -0.2) is 16.0 Å². The lowest BCUT2D eigenvalue weighted by molar-refractivity contribution is 0.439. The van der Waals surface area contributed by atoms with Crippen LogP contribution in [0.1, 0.15) is 44.9 Å². The summed E-state index contributed by atoms with van der Waals surface area (Å²) < 4.78 is 0. The van der Waals surface area contributed by atoms with Crippen molar-refractivity contribution in [2.45, 2.75) is 51.5 Å². The van der Waals surface area contributed by atoms with Crippen LogP contribution in [0.5, 0.6) is 0 Å². The molecule has 104 valence electrons. The number of hydrogen-bond donors (Lipinski definition) is 3. The Kier molecular flexibility index (Phi) is 3.55. The molecule has 2 aliphatic carbocycles. The highest BCUT2D eigenvalue weighted by Gasteiger charge is 2.39. The number of rotatable bonds is 5. The van der Waals surface area contributed by atoms with E-state index in [2.05, 4.69) is 27.6 Å². The Morgan fingerprint density at radius 2 is 2.11 bits per heavy atom. The van der Waals surface area contributed by atoms with Gasteiger partial charge < -0.3 is 10.7 Å². The molecule has 1 aromatic heterocycles. The first-order chi connectivity index (χ1) is 9.28. The third-order valence-corrected chi connectivity index (χ3v) is 4.47. The standard InChI is InChI=1S/C14H23N5/c1-2-3-12-17-13(8-14(18-12)19-15)16-11-7-9-4-5-10(11)6-9/h8-11H,2-7,15H2,1H3,(H2,16,17,18,19). The van der Waals surface area contributed by atoms with Crippen molar-refractivity contribution in [3.05, 3.63) is 11.9 Å². The minimum absolute atomic E-state index is 0.591. The smallest absolute Gasteiger partial charge is 0.145 e. The Morgan fingerprint density at radius 1 is 1.26 bits per heavy atom. The van der Waals surface area contributed by atoms with Crippen LogP contribution in [0.2, 0.25) is 0 Å². The van der Waals surface area contributed by atoms with Crippen LogP contribution in [-0.2, 0) is 6.42 Å². The predicted molar refractivity (Wildman–Crippen MR) is 76.7 cm³/mol. The second-order valence-electron chi connectivity index (χ2n) is 5.87. The third kappa shape index (κ3) is 2.66. The number of fused-ring (bicyclic) bond motifs is 2. The lowest BCUT2D eigenvalue weighted by Gasteiger charge is -2.23. The van der Waals surface area contributed by atoms with Gasteiger partial charge in [-0.15, -0.1) is 0 Å². The second kappa shape index (κ2) is 5.33. The largest absolute Gasteiger partial charge is 0.367 e. The number of hydrazine groups is 1. The highest BCUT2D eigenvalue weighted by Crippen LogP contribution is 2.45. The zero-order valence-electron chi connectivity index (χ0n) is 11.5. The first kappa shape index (κ1) is 12.7. The summed E-state index contributed by atoms with van der Waals surface area (Å²) in [7, 11) is 0. The van der Waals surface area contributed by atoms with Crippen LogP contribution in [0.3, 0.4) is 0 Å². The van der Waals surface area contributed by atoms with E-state index >= 15 is 0 Å². The zero-order valence-corrected chi connectivity index (χ0v) is 11.5. The van der Waals surface area contributed by atoms with Gasteiger partial charge in [-0.3, -0.25) is 0 Å². The molecule has 3 unspecified atom stereocenters. The molecule has 0 radical (unpaired) electrons. The van der Waals surface area contributed by atoms with Gasteiger partial charge >= 0.3 is 0 Å². The summed E-state index contributed by atoms with van der Waals surface area (Å²) in [5.41, 5.74) is 2.63. The first-order valence-electron chi connectivity index (χ1n) is 7.39. The average molecular weight is 261 g/mol. The molecule has 0 aromatic carbocycles. The van der Waals surface area contributed by atoms with E-state index in [1.54, 1.807) is 0 Å². The summed E-state index contributed by atoms with van der Waals surface area (Å²) in [6, 6.07) is 2.50. The molecule has 4 N–H and O–H groups in total. The first-order valence-corrected chi connectivity index (χ1v) is 7.39. The van der Waals surface area contributed by atoms with Crippen LogP contribution < -0.4 is 16.6 Å². The Bertz CT molecular complexity index is 447. The molecular weight excluding hydrogens is 238 g/mol. The molecule has 2 fully saturated rings. The number of aryl methyl sites for hydroxylation is 1. The fraction of sp³-hybridized carbons (Fsp3) is 0.714. The van der Waals surface area contributed by atoms with E-state index in [0.717, 1.165) is 36.3 Å². The lowest BCUT2D eigenvalue weighted by atomic mass is 9.95. The van der Waals surface area contributed by atoms with Gasteiger partial charge in [-0.2, -0.15) is 0 Å². The van der Waals surface area contributed by atoms with E-state index in [9.17, 15) is 0 Å². The van der Waals surface area contributed by atoms with Gasteiger partial charge in [-0.05, 0) is 37.5 Å². The van der Waals surface area contributed by atoms with Crippen molar-refractivity contribution in [1.29, 1.82) is 0 Å². The molecule has 5 heteroatoms. The molecule has 1 aromatic rings. The van der Waals surface area contributed by atoms with Gasteiger partial charge in [0.15, 0.2) is 0 Å². The van der Waals surface area contributed by atoms with E-state index in [1.807, 2.05) is 6.07 Å². The van der Waals surface area contributed by atoms with Crippen molar-refractivity contribution >= 4 is 11.6 Å². The Labute approximate surface area is 114 Å². The second-order valence-corrected chi connectivity index (χ2v) is 5.87. The summed E-state index contributed by atoms with van der Waals surface area (Å²) in [5, 5.41) is 3.60. The molecule has 0 spiro atoms.